The van der Waals surface area contributed by atoms with E-state index in [1.165, 1.54) is 11.1 Å². The van der Waals surface area contributed by atoms with Crippen molar-refractivity contribution in [1.82, 2.24) is 15.4 Å². The van der Waals surface area contributed by atoms with Crippen molar-refractivity contribution in [2.75, 3.05) is 5.32 Å². The SMILES string of the molecule is Cc1cccc(Nc2nnc(SCc3c(C)noc3C)s2)c1C. The Morgan fingerprint density at radius 3 is 2.74 bits per heavy atom. The van der Waals surface area contributed by atoms with Crippen LogP contribution in [0.1, 0.15) is 28.1 Å². The fourth-order valence-corrected chi connectivity index (χ4v) is 4.08. The van der Waals surface area contributed by atoms with Gasteiger partial charge in [0, 0.05) is 17.0 Å². The Morgan fingerprint density at radius 2 is 2.00 bits per heavy atom. The van der Waals surface area contributed by atoms with E-state index >= 15 is 0 Å². The molecule has 3 aromatic rings. The summed E-state index contributed by atoms with van der Waals surface area (Å²) in [6.45, 7) is 8.10. The van der Waals surface area contributed by atoms with E-state index in [1.54, 1.807) is 23.1 Å². The summed E-state index contributed by atoms with van der Waals surface area (Å²) in [6.07, 6.45) is 0. The smallest absolute Gasteiger partial charge is 0.210 e. The number of aryl methyl sites for hydroxylation is 3. The number of rotatable bonds is 5. The molecule has 0 saturated carbocycles. The van der Waals surface area contributed by atoms with Crippen molar-refractivity contribution in [2.45, 2.75) is 37.8 Å². The molecule has 0 fully saturated rings. The van der Waals surface area contributed by atoms with Crippen molar-refractivity contribution in [3.8, 4) is 0 Å². The number of benzene rings is 1. The molecule has 0 aliphatic heterocycles. The van der Waals surface area contributed by atoms with Gasteiger partial charge in [0.15, 0.2) is 4.34 Å². The van der Waals surface area contributed by atoms with E-state index in [0.29, 0.717) is 0 Å². The average Bonchev–Trinajstić information content (AvgIpc) is 3.09. The van der Waals surface area contributed by atoms with Crippen LogP contribution in [-0.2, 0) is 5.75 Å². The van der Waals surface area contributed by atoms with Crippen LogP contribution in [0.5, 0.6) is 0 Å². The number of nitrogens with one attached hydrogen (secondary N) is 1. The van der Waals surface area contributed by atoms with Crippen LogP contribution in [0.2, 0.25) is 0 Å². The highest BCUT2D eigenvalue weighted by molar-refractivity contribution is 8.00. The maximum absolute atomic E-state index is 5.18. The summed E-state index contributed by atoms with van der Waals surface area (Å²) in [5.41, 5.74) is 5.63. The number of anilines is 2. The topological polar surface area (TPSA) is 63.8 Å². The molecule has 0 atom stereocenters. The molecule has 2 heterocycles. The molecule has 0 spiro atoms. The molecule has 2 aromatic heterocycles. The van der Waals surface area contributed by atoms with Crippen molar-refractivity contribution >= 4 is 33.9 Å². The summed E-state index contributed by atoms with van der Waals surface area (Å²) in [5.74, 6) is 1.66. The molecule has 0 bridgehead atoms. The highest BCUT2D eigenvalue weighted by Gasteiger charge is 2.12. The van der Waals surface area contributed by atoms with Crippen LogP contribution in [0.25, 0.3) is 0 Å². The molecule has 1 N–H and O–H groups in total. The first-order valence-corrected chi connectivity index (χ1v) is 9.06. The molecule has 0 radical (unpaired) electrons. The molecule has 0 amide bonds. The Hall–Kier alpha value is -1.86. The van der Waals surface area contributed by atoms with E-state index in [1.807, 2.05) is 19.9 Å². The zero-order chi connectivity index (χ0) is 16.4. The maximum Gasteiger partial charge on any atom is 0.210 e. The van der Waals surface area contributed by atoms with Gasteiger partial charge in [0.2, 0.25) is 5.13 Å². The van der Waals surface area contributed by atoms with Crippen LogP contribution in [0.15, 0.2) is 27.1 Å². The first-order chi connectivity index (χ1) is 11.0. The number of hydrogen-bond donors (Lipinski definition) is 1. The largest absolute Gasteiger partial charge is 0.361 e. The Balaban J connectivity index is 1.67. The Morgan fingerprint density at radius 1 is 1.17 bits per heavy atom. The summed E-state index contributed by atoms with van der Waals surface area (Å²) in [5, 5.41) is 16.6. The van der Waals surface area contributed by atoms with Gasteiger partial charge in [-0.15, -0.1) is 10.2 Å². The quantitative estimate of drug-likeness (QED) is 0.670. The predicted molar refractivity (Wildman–Crippen MR) is 94.6 cm³/mol. The minimum Gasteiger partial charge on any atom is -0.361 e. The second kappa shape index (κ2) is 6.72. The van der Waals surface area contributed by atoms with E-state index in [4.69, 9.17) is 4.52 Å². The molecule has 0 aliphatic carbocycles. The normalized spacial score (nSPS) is 11.0. The van der Waals surface area contributed by atoms with E-state index in [-0.39, 0.29) is 0 Å². The Bertz CT molecular complexity index is 806. The number of nitrogens with zero attached hydrogens (tertiary/aromatic N) is 3. The molecule has 23 heavy (non-hydrogen) atoms. The van der Waals surface area contributed by atoms with E-state index in [9.17, 15) is 0 Å². The molecular weight excluding hydrogens is 328 g/mol. The van der Waals surface area contributed by atoms with Gasteiger partial charge in [0.05, 0.1) is 5.69 Å². The van der Waals surface area contributed by atoms with Crippen molar-refractivity contribution in [3.63, 3.8) is 0 Å². The molecule has 3 rings (SSSR count). The lowest BCUT2D eigenvalue weighted by atomic mass is 10.1. The molecule has 1 aromatic carbocycles. The van der Waals surface area contributed by atoms with Crippen LogP contribution in [0.3, 0.4) is 0 Å². The van der Waals surface area contributed by atoms with Gasteiger partial charge in [-0.05, 0) is 44.9 Å². The molecule has 0 unspecified atom stereocenters. The van der Waals surface area contributed by atoms with E-state index < -0.39 is 0 Å². The van der Waals surface area contributed by atoms with Gasteiger partial charge < -0.3 is 9.84 Å². The van der Waals surface area contributed by atoms with Crippen LogP contribution in [0.4, 0.5) is 10.8 Å². The summed E-state index contributed by atoms with van der Waals surface area (Å²) < 4.78 is 6.11. The molecule has 5 nitrogen and oxygen atoms in total. The zero-order valence-electron chi connectivity index (χ0n) is 13.5. The summed E-state index contributed by atoms with van der Waals surface area (Å²) in [7, 11) is 0. The lowest BCUT2D eigenvalue weighted by Crippen LogP contribution is -1.94. The highest BCUT2D eigenvalue weighted by atomic mass is 32.2. The highest BCUT2D eigenvalue weighted by Crippen LogP contribution is 2.32. The molecule has 7 heteroatoms. The van der Waals surface area contributed by atoms with Crippen LogP contribution in [-0.4, -0.2) is 15.4 Å². The second-order valence-corrected chi connectivity index (χ2v) is 7.54. The number of thioether (sulfide) groups is 1. The van der Waals surface area contributed by atoms with Gasteiger partial charge in [-0.2, -0.15) is 0 Å². The van der Waals surface area contributed by atoms with Gasteiger partial charge in [0.25, 0.3) is 0 Å². The van der Waals surface area contributed by atoms with E-state index in [2.05, 4.69) is 46.7 Å². The van der Waals surface area contributed by atoms with Gasteiger partial charge in [0.1, 0.15) is 5.76 Å². The van der Waals surface area contributed by atoms with Crippen molar-refractivity contribution in [2.24, 2.45) is 0 Å². The minimum absolute atomic E-state index is 0.791. The fraction of sp³-hybridized carbons (Fsp3) is 0.312. The fourth-order valence-electron chi connectivity index (χ4n) is 2.16. The number of aromatic nitrogens is 3. The van der Waals surface area contributed by atoms with Crippen LogP contribution < -0.4 is 5.32 Å². The lowest BCUT2D eigenvalue weighted by Gasteiger charge is -2.08. The molecule has 120 valence electrons. The summed E-state index contributed by atoms with van der Waals surface area (Å²) >= 11 is 3.20. The summed E-state index contributed by atoms with van der Waals surface area (Å²) in [4.78, 5) is 0. The van der Waals surface area contributed by atoms with Crippen molar-refractivity contribution in [1.29, 1.82) is 0 Å². The lowest BCUT2D eigenvalue weighted by molar-refractivity contribution is 0.392. The third-order valence-corrected chi connectivity index (χ3v) is 5.77. The standard InChI is InChI=1S/C16H18N4OS2/c1-9-6-5-7-14(10(9)2)17-15-18-19-16(23-15)22-8-13-11(3)20-21-12(13)4/h5-7H,8H2,1-4H3,(H,17,18). The maximum atomic E-state index is 5.18. The third-order valence-electron chi connectivity index (χ3n) is 3.77. The van der Waals surface area contributed by atoms with Gasteiger partial charge in [-0.3, -0.25) is 0 Å². The predicted octanol–water partition coefficient (Wildman–Crippen LogP) is 4.80. The monoisotopic (exact) mass is 346 g/mol. The Kier molecular flexibility index (Phi) is 4.68. The third kappa shape index (κ3) is 3.56. The second-order valence-electron chi connectivity index (χ2n) is 5.34. The average molecular weight is 346 g/mol. The molecular formula is C16H18N4OS2. The molecule has 0 aliphatic rings. The van der Waals surface area contributed by atoms with Crippen LogP contribution in [0, 0.1) is 27.7 Å². The van der Waals surface area contributed by atoms with Crippen molar-refractivity contribution in [3.05, 3.63) is 46.3 Å². The first kappa shape index (κ1) is 16.0. The summed E-state index contributed by atoms with van der Waals surface area (Å²) in [6, 6.07) is 6.20. The molecule has 0 saturated heterocycles. The number of hydrogen-bond acceptors (Lipinski definition) is 7. The van der Waals surface area contributed by atoms with Gasteiger partial charge in [-0.25, -0.2) is 0 Å². The zero-order valence-corrected chi connectivity index (χ0v) is 15.1. The minimum atomic E-state index is 0.791. The van der Waals surface area contributed by atoms with Gasteiger partial charge >= 0.3 is 0 Å². The van der Waals surface area contributed by atoms with Gasteiger partial charge in [-0.1, -0.05) is 40.4 Å². The van der Waals surface area contributed by atoms with Crippen LogP contribution >= 0.6 is 23.1 Å². The Labute approximate surface area is 143 Å². The first-order valence-electron chi connectivity index (χ1n) is 7.26. The van der Waals surface area contributed by atoms with E-state index in [0.717, 1.165) is 37.9 Å². The van der Waals surface area contributed by atoms with Crippen molar-refractivity contribution < 1.29 is 4.52 Å².